The molecule has 3 aliphatic rings. The molecule has 3 fully saturated rings. The summed E-state index contributed by atoms with van der Waals surface area (Å²) in [6.07, 6.45) is -2.82. The zero-order valence-electron chi connectivity index (χ0n) is 28.1. The van der Waals surface area contributed by atoms with E-state index in [1.54, 1.807) is 50.2 Å². The SMILES string of the molecule is CC(=O)O[C@H]1[C@@H](OC(=O)c2ccccc2)C[C@](C)(O)C23OC(C)(C)C(C[C@H](OC(=O)c4ccco4)[C@]12C)[C@H]3Oc1cccc2ccccc12. The third-order valence-corrected chi connectivity index (χ3v) is 10.9. The van der Waals surface area contributed by atoms with Crippen LogP contribution in [0.3, 0.4) is 0 Å². The van der Waals surface area contributed by atoms with Gasteiger partial charge in [-0.15, -0.1) is 0 Å². The highest BCUT2D eigenvalue weighted by molar-refractivity contribution is 5.90. The van der Waals surface area contributed by atoms with Crippen molar-refractivity contribution in [1.29, 1.82) is 0 Å². The molecule has 10 nitrogen and oxygen atoms in total. The van der Waals surface area contributed by atoms with Crippen LogP contribution >= 0.6 is 0 Å². The molecule has 8 atom stereocenters. The summed E-state index contributed by atoms with van der Waals surface area (Å²) in [6, 6.07) is 25.1. The maximum atomic E-state index is 13.6. The van der Waals surface area contributed by atoms with Crippen LogP contribution in [-0.4, -0.2) is 64.2 Å². The highest BCUT2D eigenvalue weighted by Gasteiger charge is 2.84. The van der Waals surface area contributed by atoms with Crippen molar-refractivity contribution in [3.63, 3.8) is 0 Å². The summed E-state index contributed by atoms with van der Waals surface area (Å²) in [5.41, 5.74) is -5.61. The molecular weight excluding hydrogens is 628 g/mol. The number of carbonyl (C=O) groups is 3. The Kier molecular flexibility index (Phi) is 7.87. The van der Waals surface area contributed by atoms with E-state index < -0.39 is 70.5 Å². The van der Waals surface area contributed by atoms with E-state index in [9.17, 15) is 19.5 Å². The predicted molar refractivity (Wildman–Crippen MR) is 177 cm³/mol. The van der Waals surface area contributed by atoms with Gasteiger partial charge in [0.25, 0.3) is 0 Å². The Hall–Kier alpha value is -4.67. The van der Waals surface area contributed by atoms with E-state index in [0.29, 0.717) is 5.75 Å². The second-order valence-electron chi connectivity index (χ2n) is 14.3. The highest BCUT2D eigenvalue weighted by Crippen LogP contribution is 2.69. The van der Waals surface area contributed by atoms with Gasteiger partial charge < -0.3 is 33.2 Å². The van der Waals surface area contributed by atoms with Crippen molar-refractivity contribution in [2.45, 2.75) is 88.7 Å². The lowest BCUT2D eigenvalue weighted by molar-refractivity contribution is -0.339. The zero-order chi connectivity index (χ0) is 34.8. The van der Waals surface area contributed by atoms with Gasteiger partial charge in [0, 0.05) is 24.6 Å². The van der Waals surface area contributed by atoms with E-state index in [1.807, 2.05) is 56.3 Å². The van der Waals surface area contributed by atoms with Crippen LogP contribution in [0, 0.1) is 11.3 Å². The summed E-state index contributed by atoms with van der Waals surface area (Å²) in [5, 5.41) is 14.7. The number of rotatable bonds is 7. The van der Waals surface area contributed by atoms with Gasteiger partial charge >= 0.3 is 17.9 Å². The molecule has 2 saturated carbocycles. The molecule has 0 amide bonds. The largest absolute Gasteiger partial charge is 0.486 e. The Morgan fingerprint density at radius 1 is 0.796 bits per heavy atom. The molecule has 1 N–H and O–H groups in total. The van der Waals surface area contributed by atoms with Crippen LogP contribution in [-0.2, 0) is 23.7 Å². The lowest BCUT2D eigenvalue weighted by atomic mass is 9.47. The maximum absolute atomic E-state index is 13.6. The molecule has 1 saturated heterocycles. The number of aliphatic hydroxyl groups is 1. The zero-order valence-corrected chi connectivity index (χ0v) is 28.1. The van der Waals surface area contributed by atoms with Crippen molar-refractivity contribution in [1.82, 2.24) is 0 Å². The minimum atomic E-state index is -1.78. The summed E-state index contributed by atoms with van der Waals surface area (Å²) in [4.78, 5) is 40.1. The highest BCUT2D eigenvalue weighted by atomic mass is 16.6. The normalized spacial score (nSPS) is 32.9. The Morgan fingerprint density at radius 3 is 2.22 bits per heavy atom. The van der Waals surface area contributed by atoms with Crippen molar-refractivity contribution in [2.75, 3.05) is 0 Å². The summed E-state index contributed by atoms with van der Waals surface area (Å²) in [7, 11) is 0. The number of carbonyl (C=O) groups excluding carboxylic acids is 3. The van der Waals surface area contributed by atoms with Gasteiger partial charge in [0.05, 0.1) is 28.4 Å². The molecule has 256 valence electrons. The molecule has 7 rings (SSSR count). The first-order valence-corrected chi connectivity index (χ1v) is 16.5. The fourth-order valence-electron chi connectivity index (χ4n) is 8.78. The molecule has 2 bridgehead atoms. The second-order valence-corrected chi connectivity index (χ2v) is 14.3. The topological polar surface area (TPSA) is 131 Å². The summed E-state index contributed by atoms with van der Waals surface area (Å²) in [5.74, 6) is -1.89. The average molecular weight is 669 g/mol. The predicted octanol–water partition coefficient (Wildman–Crippen LogP) is 6.29. The molecule has 1 aliphatic heterocycles. The van der Waals surface area contributed by atoms with Gasteiger partial charge in [0.1, 0.15) is 29.7 Å². The third-order valence-electron chi connectivity index (χ3n) is 10.9. The Morgan fingerprint density at radius 2 is 1.51 bits per heavy atom. The lowest BCUT2D eigenvalue weighted by Crippen LogP contribution is -2.82. The molecular formula is C39H40O10. The number of benzene rings is 3. The molecule has 0 radical (unpaired) electrons. The molecule has 3 aromatic carbocycles. The van der Waals surface area contributed by atoms with Crippen molar-refractivity contribution in [3.8, 4) is 5.75 Å². The van der Waals surface area contributed by atoms with E-state index in [4.69, 9.17) is 28.1 Å². The van der Waals surface area contributed by atoms with Gasteiger partial charge in [-0.1, -0.05) is 54.6 Å². The molecule has 2 aliphatic carbocycles. The standard InChI is InChI=1S/C39H40O10/c1-23(40)45-33-30(47-34(41)25-14-7-6-8-15-25)22-37(4,43)39-32(46-28-18-11-16-24-13-9-10-17-26(24)28)27(36(2,3)49-39)21-31(38(33,39)5)48-35(42)29-19-12-20-44-29/h6-20,27,30-33,43H,21-22H2,1-5H3/t27?,30-,31-,32+,33-,37-,38+,39?/m0/s1. The molecule has 4 aromatic rings. The van der Waals surface area contributed by atoms with Gasteiger partial charge in [-0.3, -0.25) is 4.79 Å². The molecule has 1 aromatic heterocycles. The van der Waals surface area contributed by atoms with E-state index in [-0.39, 0.29) is 24.2 Å². The Balaban J connectivity index is 1.41. The van der Waals surface area contributed by atoms with Crippen molar-refractivity contribution in [3.05, 3.63) is 103 Å². The summed E-state index contributed by atoms with van der Waals surface area (Å²) < 4.78 is 38.0. The van der Waals surface area contributed by atoms with Crippen LogP contribution in [0.4, 0.5) is 0 Å². The molecule has 2 unspecified atom stereocenters. The number of esters is 3. The Bertz CT molecular complexity index is 1880. The number of ether oxygens (including phenoxy) is 5. The number of hydrogen-bond donors (Lipinski definition) is 1. The quantitative estimate of drug-likeness (QED) is 0.177. The molecule has 2 heterocycles. The van der Waals surface area contributed by atoms with E-state index >= 15 is 0 Å². The van der Waals surface area contributed by atoms with Gasteiger partial charge in [-0.05, 0) is 69.8 Å². The van der Waals surface area contributed by atoms with E-state index in [2.05, 4.69) is 0 Å². The average Bonchev–Trinajstić information content (AvgIpc) is 3.67. The Labute approximate surface area is 284 Å². The van der Waals surface area contributed by atoms with Gasteiger partial charge in [0.15, 0.2) is 6.10 Å². The molecule has 10 heteroatoms. The van der Waals surface area contributed by atoms with Crippen LogP contribution in [0.2, 0.25) is 0 Å². The number of hydrogen-bond acceptors (Lipinski definition) is 10. The number of furan rings is 1. The minimum absolute atomic E-state index is 0.0158. The first kappa shape index (κ1) is 32.9. The van der Waals surface area contributed by atoms with Crippen molar-refractivity contribution in [2.24, 2.45) is 11.3 Å². The van der Waals surface area contributed by atoms with Crippen LogP contribution in [0.1, 0.15) is 68.4 Å². The van der Waals surface area contributed by atoms with Crippen LogP contribution in [0.25, 0.3) is 10.8 Å². The fraction of sp³-hybridized carbons (Fsp3) is 0.410. The fourth-order valence-corrected chi connectivity index (χ4v) is 8.78. The first-order valence-electron chi connectivity index (χ1n) is 16.5. The number of fused-ring (bicyclic) bond motifs is 2. The minimum Gasteiger partial charge on any atom is -0.486 e. The monoisotopic (exact) mass is 668 g/mol. The van der Waals surface area contributed by atoms with E-state index in [0.717, 1.165) is 10.8 Å². The van der Waals surface area contributed by atoms with Gasteiger partial charge in [-0.2, -0.15) is 0 Å². The molecule has 49 heavy (non-hydrogen) atoms. The third kappa shape index (κ3) is 5.11. The summed E-state index contributed by atoms with van der Waals surface area (Å²) in [6.45, 7) is 8.48. The van der Waals surface area contributed by atoms with Crippen molar-refractivity contribution < 1.29 is 47.6 Å². The second kappa shape index (κ2) is 11.7. The summed E-state index contributed by atoms with van der Waals surface area (Å²) >= 11 is 0. The van der Waals surface area contributed by atoms with Crippen molar-refractivity contribution >= 4 is 28.7 Å². The smallest absolute Gasteiger partial charge is 0.374 e. The van der Waals surface area contributed by atoms with Crippen LogP contribution in [0.5, 0.6) is 5.75 Å². The van der Waals surface area contributed by atoms with Crippen LogP contribution in [0.15, 0.2) is 95.6 Å². The maximum Gasteiger partial charge on any atom is 0.374 e. The van der Waals surface area contributed by atoms with E-state index in [1.165, 1.54) is 19.3 Å². The molecule has 1 spiro atoms. The van der Waals surface area contributed by atoms with Gasteiger partial charge in [0.2, 0.25) is 5.76 Å². The van der Waals surface area contributed by atoms with Gasteiger partial charge in [-0.25, -0.2) is 9.59 Å². The van der Waals surface area contributed by atoms with Crippen LogP contribution < -0.4 is 4.74 Å². The lowest BCUT2D eigenvalue weighted by Gasteiger charge is -2.65. The first-order chi connectivity index (χ1) is 23.3.